The van der Waals surface area contributed by atoms with Gasteiger partial charge in [0.05, 0.1) is 0 Å². The van der Waals surface area contributed by atoms with E-state index in [0.29, 0.717) is 0 Å². The highest BCUT2D eigenvalue weighted by atomic mass is 16.3. The highest BCUT2D eigenvalue weighted by Crippen LogP contribution is 2.48. The lowest BCUT2D eigenvalue weighted by atomic mass is 9.84. The molecule has 1 heteroatoms. The predicted octanol–water partition coefficient (Wildman–Crippen LogP) is 7.36. The summed E-state index contributed by atoms with van der Waals surface area (Å²) in [4.78, 5) is 0. The normalized spacial score (nSPS) is 17.6. The zero-order valence-electron chi connectivity index (χ0n) is 15.7. The van der Waals surface area contributed by atoms with Gasteiger partial charge in [0.15, 0.2) is 0 Å². The molecule has 1 heterocycles. The Morgan fingerprint density at radius 2 is 1.68 bits per heavy atom. The van der Waals surface area contributed by atoms with E-state index in [-0.39, 0.29) is 0 Å². The number of allylic oxidation sites excluding steroid dienone is 5. The van der Waals surface area contributed by atoms with Gasteiger partial charge >= 0.3 is 0 Å². The van der Waals surface area contributed by atoms with E-state index < -0.39 is 0 Å². The van der Waals surface area contributed by atoms with E-state index in [2.05, 4.69) is 60.7 Å². The fourth-order valence-corrected chi connectivity index (χ4v) is 5.67. The van der Waals surface area contributed by atoms with Gasteiger partial charge in [-0.25, -0.2) is 0 Å². The number of para-hydroxylation sites is 1. The van der Waals surface area contributed by atoms with Gasteiger partial charge in [0.25, 0.3) is 0 Å². The quantitative estimate of drug-likeness (QED) is 0.319. The summed E-state index contributed by atoms with van der Waals surface area (Å²) in [6, 6.07) is 13.2. The molecule has 4 aromatic rings. The van der Waals surface area contributed by atoms with Crippen molar-refractivity contribution in [3.05, 3.63) is 82.5 Å². The SMILES string of the molecule is C1=CC2=C(CC1)c1c(ccc3c1c1c(c4c5ccccc5oc34)CCC=C1)C2. The number of rotatable bonds is 0. The Morgan fingerprint density at radius 3 is 2.68 bits per heavy atom. The Balaban J connectivity index is 1.74. The van der Waals surface area contributed by atoms with Crippen LogP contribution in [0.25, 0.3) is 44.4 Å². The van der Waals surface area contributed by atoms with Crippen molar-refractivity contribution in [1.82, 2.24) is 0 Å². The summed E-state index contributed by atoms with van der Waals surface area (Å²) in [6.07, 6.45) is 15.0. The molecule has 0 unspecified atom stereocenters. The van der Waals surface area contributed by atoms with Crippen LogP contribution in [0.1, 0.15) is 41.5 Å². The van der Waals surface area contributed by atoms with Crippen LogP contribution in [0.2, 0.25) is 0 Å². The minimum Gasteiger partial charge on any atom is -0.455 e. The van der Waals surface area contributed by atoms with Crippen LogP contribution < -0.4 is 0 Å². The first-order chi connectivity index (χ1) is 13.9. The molecule has 7 rings (SSSR count). The molecule has 3 aliphatic carbocycles. The van der Waals surface area contributed by atoms with Crippen molar-refractivity contribution in [3.8, 4) is 0 Å². The van der Waals surface area contributed by atoms with Gasteiger partial charge in [-0.2, -0.15) is 0 Å². The molecular weight excluding hydrogens is 340 g/mol. The first kappa shape index (κ1) is 14.9. The largest absolute Gasteiger partial charge is 0.455 e. The van der Waals surface area contributed by atoms with E-state index >= 15 is 0 Å². The molecule has 0 N–H and O–H groups in total. The summed E-state index contributed by atoms with van der Waals surface area (Å²) < 4.78 is 6.47. The molecule has 0 saturated heterocycles. The Kier molecular flexibility index (Phi) is 2.80. The van der Waals surface area contributed by atoms with Crippen LogP contribution in [0.4, 0.5) is 0 Å². The van der Waals surface area contributed by atoms with Crippen LogP contribution in [0.5, 0.6) is 0 Å². The maximum absolute atomic E-state index is 6.47. The van der Waals surface area contributed by atoms with Gasteiger partial charge in [-0.05, 0) is 71.6 Å². The molecule has 28 heavy (non-hydrogen) atoms. The second kappa shape index (κ2) is 5.26. The lowest BCUT2D eigenvalue weighted by molar-refractivity contribution is 0.672. The van der Waals surface area contributed by atoms with Gasteiger partial charge in [0.2, 0.25) is 0 Å². The molecule has 0 amide bonds. The molecule has 1 nitrogen and oxygen atoms in total. The minimum atomic E-state index is 1.00. The van der Waals surface area contributed by atoms with Crippen molar-refractivity contribution in [2.24, 2.45) is 0 Å². The molecule has 3 aromatic carbocycles. The number of fused-ring (bicyclic) bond motifs is 11. The van der Waals surface area contributed by atoms with Crippen LogP contribution in [-0.4, -0.2) is 0 Å². The van der Waals surface area contributed by atoms with Gasteiger partial charge in [0, 0.05) is 21.5 Å². The van der Waals surface area contributed by atoms with Crippen molar-refractivity contribution in [2.45, 2.75) is 32.1 Å². The molecular formula is C27H20O. The van der Waals surface area contributed by atoms with Gasteiger partial charge in [-0.15, -0.1) is 0 Å². The van der Waals surface area contributed by atoms with Crippen LogP contribution in [-0.2, 0) is 12.8 Å². The van der Waals surface area contributed by atoms with Crippen molar-refractivity contribution in [2.75, 3.05) is 0 Å². The van der Waals surface area contributed by atoms with Gasteiger partial charge in [-0.3, -0.25) is 0 Å². The molecule has 0 saturated carbocycles. The fourth-order valence-electron chi connectivity index (χ4n) is 5.67. The van der Waals surface area contributed by atoms with E-state index in [1.165, 1.54) is 49.4 Å². The van der Waals surface area contributed by atoms with Gasteiger partial charge < -0.3 is 4.42 Å². The summed E-state index contributed by atoms with van der Waals surface area (Å²) in [7, 11) is 0. The van der Waals surface area contributed by atoms with Crippen LogP contribution in [0, 0.1) is 0 Å². The van der Waals surface area contributed by atoms with Gasteiger partial charge in [0.1, 0.15) is 11.2 Å². The Morgan fingerprint density at radius 1 is 0.786 bits per heavy atom. The summed E-state index contributed by atoms with van der Waals surface area (Å²) in [6.45, 7) is 0. The second-order valence-electron chi connectivity index (χ2n) is 8.28. The van der Waals surface area contributed by atoms with Crippen LogP contribution >= 0.6 is 0 Å². The highest BCUT2D eigenvalue weighted by molar-refractivity contribution is 6.21. The molecule has 0 fully saturated rings. The first-order valence-corrected chi connectivity index (χ1v) is 10.4. The summed E-state index contributed by atoms with van der Waals surface area (Å²) in [5, 5.41) is 5.29. The summed E-state index contributed by atoms with van der Waals surface area (Å²) in [5.41, 5.74) is 11.1. The molecule has 0 bridgehead atoms. The first-order valence-electron chi connectivity index (χ1n) is 10.4. The lowest BCUT2D eigenvalue weighted by Crippen LogP contribution is -2.00. The number of furan rings is 1. The Bertz CT molecular complexity index is 1420. The summed E-state index contributed by atoms with van der Waals surface area (Å²) in [5.74, 6) is 0. The zero-order chi connectivity index (χ0) is 18.2. The van der Waals surface area contributed by atoms with Crippen molar-refractivity contribution in [3.63, 3.8) is 0 Å². The average molecular weight is 360 g/mol. The topological polar surface area (TPSA) is 13.1 Å². The molecule has 134 valence electrons. The van der Waals surface area contributed by atoms with E-state index in [1.807, 2.05) is 0 Å². The molecule has 0 aliphatic heterocycles. The zero-order valence-corrected chi connectivity index (χ0v) is 15.7. The lowest BCUT2D eigenvalue weighted by Gasteiger charge is -2.19. The smallest absolute Gasteiger partial charge is 0.143 e. The molecule has 1 aromatic heterocycles. The monoisotopic (exact) mass is 360 g/mol. The minimum absolute atomic E-state index is 1.00. The third-order valence-corrected chi connectivity index (χ3v) is 6.82. The van der Waals surface area contributed by atoms with Crippen molar-refractivity contribution >= 4 is 44.4 Å². The molecule has 0 atom stereocenters. The van der Waals surface area contributed by atoms with Crippen molar-refractivity contribution < 1.29 is 4.42 Å². The third kappa shape index (κ3) is 1.77. The second-order valence-corrected chi connectivity index (χ2v) is 8.28. The van der Waals surface area contributed by atoms with Crippen LogP contribution in [0.15, 0.2) is 64.6 Å². The van der Waals surface area contributed by atoms with E-state index in [0.717, 1.165) is 43.3 Å². The van der Waals surface area contributed by atoms with E-state index in [4.69, 9.17) is 4.42 Å². The van der Waals surface area contributed by atoms with E-state index in [9.17, 15) is 0 Å². The standard InChI is InChI=1S/C27H20O/c1-2-8-18-16(7-1)15-17-13-14-22-25(24(17)18)19-9-3-4-10-20(19)26-21-11-5-6-12-23(21)28-27(22)26/h1,3,5-7,9,11-14H,2,4,8,10,15H2. The summed E-state index contributed by atoms with van der Waals surface area (Å²) >= 11 is 0. The third-order valence-electron chi connectivity index (χ3n) is 6.82. The Labute approximate surface area is 163 Å². The Hall–Kier alpha value is -3.06. The average Bonchev–Trinajstić information content (AvgIpc) is 3.32. The van der Waals surface area contributed by atoms with E-state index in [1.54, 1.807) is 5.57 Å². The number of aryl methyl sites for hydroxylation is 1. The molecule has 0 radical (unpaired) electrons. The van der Waals surface area contributed by atoms with Crippen LogP contribution in [0.3, 0.4) is 0 Å². The van der Waals surface area contributed by atoms with Crippen molar-refractivity contribution in [1.29, 1.82) is 0 Å². The fraction of sp³-hybridized carbons (Fsp3) is 0.185. The maximum atomic E-state index is 6.47. The highest BCUT2D eigenvalue weighted by Gasteiger charge is 2.28. The number of benzene rings is 3. The predicted molar refractivity (Wildman–Crippen MR) is 118 cm³/mol. The number of hydrogen-bond acceptors (Lipinski definition) is 1. The molecule has 0 spiro atoms. The maximum Gasteiger partial charge on any atom is 0.143 e. The van der Waals surface area contributed by atoms with Gasteiger partial charge in [-0.1, -0.05) is 54.6 Å². The number of hydrogen-bond donors (Lipinski definition) is 0. The molecule has 3 aliphatic rings.